The van der Waals surface area contributed by atoms with Gasteiger partial charge in [-0.1, -0.05) is 12.5 Å². The van der Waals surface area contributed by atoms with Crippen molar-refractivity contribution in [3.05, 3.63) is 35.7 Å². The van der Waals surface area contributed by atoms with Gasteiger partial charge in [0, 0.05) is 54.8 Å². The molecule has 1 fully saturated rings. The summed E-state index contributed by atoms with van der Waals surface area (Å²) < 4.78 is 55.9. The van der Waals surface area contributed by atoms with Gasteiger partial charge in [-0.3, -0.25) is 4.79 Å². The van der Waals surface area contributed by atoms with Crippen LogP contribution in [0.4, 0.5) is 19.1 Å². The van der Waals surface area contributed by atoms with Crippen molar-refractivity contribution in [3.63, 3.8) is 0 Å². The first-order valence-electron chi connectivity index (χ1n) is 13.3. The van der Waals surface area contributed by atoms with Crippen molar-refractivity contribution in [1.29, 1.82) is 0 Å². The smallest absolute Gasteiger partial charge is 0.360 e. The number of fused-ring (bicyclic) bond motifs is 6. The maximum Gasteiger partial charge on any atom is 0.419 e. The molecule has 0 aliphatic carbocycles. The van der Waals surface area contributed by atoms with Crippen LogP contribution in [-0.4, -0.2) is 83.3 Å². The summed E-state index contributed by atoms with van der Waals surface area (Å²) in [6, 6.07) is 3.19. The second-order valence-electron chi connectivity index (χ2n) is 11.0. The van der Waals surface area contributed by atoms with Gasteiger partial charge in [0.25, 0.3) is 5.91 Å². The van der Waals surface area contributed by atoms with E-state index in [4.69, 9.17) is 0 Å². The average Bonchev–Trinajstić information content (AvgIpc) is 3.16. The summed E-state index contributed by atoms with van der Waals surface area (Å²) in [5, 5.41) is 4.06. The number of rotatable bonds is 1. The minimum Gasteiger partial charge on any atom is -0.360 e. The molecule has 6 rings (SSSR count). The van der Waals surface area contributed by atoms with Crippen LogP contribution in [0.2, 0.25) is 0 Å². The average molecular weight is 563 g/mol. The standard InChI is InChI=1S/C27H34F3N6O2P/c1-35-11-6-7-13-36-12-5-4-8-17(16-36)33-26-32-15-21(27(28,29)30)22(34-26)20-14-31-23-18(20)9-10-19(25(35)37)24(23)39(2,3)38/h9-10,14-15,17,31H,4-8,11-13,16H2,1-3H3,(H,32,33,34). The highest BCUT2D eigenvalue weighted by molar-refractivity contribution is 7.70. The Morgan fingerprint density at radius 1 is 1.05 bits per heavy atom. The molecule has 0 radical (unpaired) electrons. The number of halogens is 3. The molecule has 3 aliphatic heterocycles. The summed E-state index contributed by atoms with van der Waals surface area (Å²) in [5.74, 6) is -0.113. The summed E-state index contributed by atoms with van der Waals surface area (Å²) in [4.78, 5) is 29.0. The molecule has 3 aliphatic rings. The van der Waals surface area contributed by atoms with Crippen LogP contribution < -0.4 is 10.6 Å². The molecule has 8 nitrogen and oxygen atoms in total. The van der Waals surface area contributed by atoms with Gasteiger partial charge in [-0.25, -0.2) is 9.97 Å². The van der Waals surface area contributed by atoms with E-state index in [1.807, 2.05) is 0 Å². The van der Waals surface area contributed by atoms with Gasteiger partial charge in [0.15, 0.2) is 0 Å². The summed E-state index contributed by atoms with van der Waals surface area (Å²) in [6.45, 7) is 6.23. The summed E-state index contributed by atoms with van der Waals surface area (Å²) in [6.07, 6.45) is 2.23. The number of anilines is 1. The fraction of sp³-hybridized carbons (Fsp3) is 0.519. The maximum absolute atomic E-state index is 14.1. The molecule has 1 aromatic carbocycles. The molecular formula is C27H34F3N6O2P. The highest BCUT2D eigenvalue weighted by Gasteiger charge is 2.37. The van der Waals surface area contributed by atoms with E-state index in [-0.39, 0.29) is 29.2 Å². The minimum atomic E-state index is -4.68. The van der Waals surface area contributed by atoms with Crippen molar-refractivity contribution in [1.82, 2.24) is 24.8 Å². The highest BCUT2D eigenvalue weighted by atomic mass is 31.2. The Kier molecular flexibility index (Phi) is 7.50. The second kappa shape index (κ2) is 10.6. The Labute approximate surface area is 225 Å². The lowest BCUT2D eigenvalue weighted by atomic mass is 10.0. The van der Waals surface area contributed by atoms with Crippen molar-refractivity contribution in [2.45, 2.75) is 44.3 Å². The zero-order chi connectivity index (χ0) is 27.9. The third kappa shape index (κ3) is 5.70. The van der Waals surface area contributed by atoms with E-state index in [1.54, 1.807) is 37.4 Å². The summed E-state index contributed by atoms with van der Waals surface area (Å²) >= 11 is 0. The number of aromatic nitrogens is 3. The van der Waals surface area contributed by atoms with Crippen LogP contribution in [-0.2, 0) is 10.7 Å². The van der Waals surface area contributed by atoms with Gasteiger partial charge in [0.1, 0.15) is 12.7 Å². The Morgan fingerprint density at radius 3 is 2.49 bits per heavy atom. The SMILES string of the molecule is CN1CCCCN2CCCCC(C2)Nc2ncc(C(F)(F)F)c(n2)-c2c[nH]c3c(P(C)(C)=O)c(ccc23)C1=O. The molecule has 0 saturated carbocycles. The monoisotopic (exact) mass is 562 g/mol. The number of aromatic amines is 1. The molecule has 1 amide bonds. The summed E-state index contributed by atoms with van der Waals surface area (Å²) in [7, 11) is -1.30. The van der Waals surface area contributed by atoms with Crippen molar-refractivity contribution in [2.24, 2.45) is 0 Å². The molecule has 8 bridgehead atoms. The van der Waals surface area contributed by atoms with Gasteiger partial charge < -0.3 is 24.7 Å². The number of hydrogen-bond donors (Lipinski definition) is 2. The van der Waals surface area contributed by atoms with Crippen LogP contribution in [0.15, 0.2) is 24.5 Å². The van der Waals surface area contributed by atoms with Crippen molar-refractivity contribution in [3.8, 4) is 11.3 Å². The highest BCUT2D eigenvalue weighted by Crippen LogP contribution is 2.43. The van der Waals surface area contributed by atoms with Crippen LogP contribution >= 0.6 is 7.14 Å². The quantitative estimate of drug-likeness (QED) is 0.405. The lowest BCUT2D eigenvalue weighted by Crippen LogP contribution is -2.37. The maximum atomic E-state index is 14.1. The Balaban J connectivity index is 1.72. The van der Waals surface area contributed by atoms with Crippen LogP contribution in [0.25, 0.3) is 22.2 Å². The fourth-order valence-corrected chi connectivity index (χ4v) is 7.17. The van der Waals surface area contributed by atoms with E-state index in [0.717, 1.165) is 57.9 Å². The van der Waals surface area contributed by atoms with Gasteiger partial charge in [-0.15, -0.1) is 0 Å². The molecule has 2 atom stereocenters. The number of nitrogens with zero attached hydrogens (tertiary/aromatic N) is 4. The fourth-order valence-electron chi connectivity index (χ4n) is 5.69. The van der Waals surface area contributed by atoms with Crippen LogP contribution in [0.1, 0.15) is 48.0 Å². The molecule has 3 aromatic rings. The molecule has 0 spiro atoms. The normalized spacial score (nSPS) is 21.5. The molecule has 1 saturated heterocycles. The van der Waals surface area contributed by atoms with Crippen LogP contribution in [0, 0.1) is 0 Å². The molecule has 39 heavy (non-hydrogen) atoms. The van der Waals surface area contributed by atoms with Gasteiger partial charge >= 0.3 is 6.18 Å². The Morgan fingerprint density at radius 2 is 1.77 bits per heavy atom. The zero-order valence-corrected chi connectivity index (χ0v) is 23.3. The van der Waals surface area contributed by atoms with Gasteiger partial charge in [-0.2, -0.15) is 13.2 Å². The molecule has 12 heteroatoms. The van der Waals surface area contributed by atoms with Crippen LogP contribution in [0.5, 0.6) is 0 Å². The number of benzene rings is 1. The molecule has 210 valence electrons. The number of nitrogens with one attached hydrogen (secondary N) is 2. The van der Waals surface area contributed by atoms with E-state index in [2.05, 4.69) is 25.2 Å². The van der Waals surface area contributed by atoms with Gasteiger partial charge in [0.05, 0.1) is 16.8 Å². The topological polar surface area (TPSA) is 94.2 Å². The largest absolute Gasteiger partial charge is 0.419 e. The van der Waals surface area contributed by atoms with E-state index < -0.39 is 18.9 Å². The van der Waals surface area contributed by atoms with Gasteiger partial charge in [0.2, 0.25) is 5.95 Å². The first-order chi connectivity index (χ1) is 18.4. The minimum absolute atomic E-state index is 0.00316. The zero-order valence-electron chi connectivity index (χ0n) is 22.4. The number of hydrogen-bond acceptors (Lipinski definition) is 6. The summed E-state index contributed by atoms with van der Waals surface area (Å²) in [5.41, 5.74) is -0.317. The van der Waals surface area contributed by atoms with Crippen molar-refractivity contribution >= 4 is 35.2 Å². The Bertz CT molecular complexity index is 1430. The predicted octanol–water partition coefficient (Wildman–Crippen LogP) is 5.02. The lowest BCUT2D eigenvalue weighted by Gasteiger charge is -2.26. The second-order valence-corrected chi connectivity index (χ2v) is 14.1. The first kappa shape index (κ1) is 27.6. The van der Waals surface area contributed by atoms with E-state index >= 15 is 0 Å². The lowest BCUT2D eigenvalue weighted by molar-refractivity contribution is -0.137. The third-order valence-corrected chi connectivity index (χ3v) is 9.14. The van der Waals surface area contributed by atoms with Gasteiger partial charge in [-0.05, 0) is 58.2 Å². The molecule has 2 aromatic heterocycles. The van der Waals surface area contributed by atoms with Crippen LogP contribution in [0.3, 0.4) is 0 Å². The molecule has 2 N–H and O–H groups in total. The molecular weight excluding hydrogens is 528 g/mol. The molecule has 2 unspecified atom stereocenters. The number of H-pyrrole nitrogens is 1. The van der Waals surface area contributed by atoms with E-state index in [9.17, 15) is 22.5 Å². The van der Waals surface area contributed by atoms with Crippen molar-refractivity contribution < 1.29 is 22.5 Å². The number of carbonyl (C=O) groups is 1. The van der Waals surface area contributed by atoms with E-state index in [1.165, 1.54) is 6.20 Å². The third-order valence-electron chi connectivity index (χ3n) is 7.60. The molecule has 5 heterocycles. The van der Waals surface area contributed by atoms with Crippen molar-refractivity contribution in [2.75, 3.05) is 51.9 Å². The number of carbonyl (C=O) groups excluding carboxylic acids is 1. The number of amides is 1. The number of alkyl halides is 3. The van der Waals surface area contributed by atoms with E-state index in [0.29, 0.717) is 28.3 Å². The predicted molar refractivity (Wildman–Crippen MR) is 147 cm³/mol. The Hall–Kier alpha value is -2.91. The first-order valence-corrected chi connectivity index (χ1v) is 15.9.